The third kappa shape index (κ3) is 3.26. The minimum absolute atomic E-state index is 0.126. The number of carbonyl (C=O) groups is 1. The summed E-state index contributed by atoms with van der Waals surface area (Å²) in [6, 6.07) is 8.20. The third-order valence-corrected chi connectivity index (χ3v) is 4.36. The molecule has 0 atom stereocenters. The van der Waals surface area contributed by atoms with E-state index in [9.17, 15) is 4.79 Å². The first-order valence-electron chi connectivity index (χ1n) is 6.98. The highest BCUT2D eigenvalue weighted by molar-refractivity contribution is 6.19. The first kappa shape index (κ1) is 15.2. The molecule has 1 amide bonds. The Morgan fingerprint density at radius 2 is 2.05 bits per heavy atom. The molecule has 1 aliphatic rings. The number of methoxy groups -OCH3 is 1. The van der Waals surface area contributed by atoms with Gasteiger partial charge in [0.25, 0.3) is 0 Å². The Morgan fingerprint density at radius 3 is 2.60 bits per heavy atom. The maximum Gasteiger partial charge on any atom is 0.229 e. The monoisotopic (exact) mass is 295 g/mol. The number of para-hydroxylation sites is 1. The SMILES string of the molecule is COc1ccccc1CN(C(=O)C(C)(C)CCl)C1CC1. The second kappa shape index (κ2) is 6.04. The van der Waals surface area contributed by atoms with Gasteiger partial charge in [-0.2, -0.15) is 0 Å². The van der Waals surface area contributed by atoms with Crippen LogP contribution in [-0.4, -0.2) is 29.8 Å². The lowest BCUT2D eigenvalue weighted by Gasteiger charge is -2.31. The standard InChI is InChI=1S/C16H22ClNO2/c1-16(2,11-17)15(19)18(13-8-9-13)10-12-6-4-5-7-14(12)20-3/h4-7,13H,8-11H2,1-3H3. The molecular formula is C16H22ClNO2. The van der Waals surface area contributed by atoms with Crippen molar-refractivity contribution >= 4 is 17.5 Å². The van der Waals surface area contributed by atoms with Crippen LogP contribution in [-0.2, 0) is 11.3 Å². The van der Waals surface area contributed by atoms with Crippen LogP contribution in [0.2, 0.25) is 0 Å². The van der Waals surface area contributed by atoms with Crippen molar-refractivity contribution < 1.29 is 9.53 Å². The molecule has 1 aromatic rings. The first-order chi connectivity index (χ1) is 9.49. The van der Waals surface area contributed by atoms with Crippen LogP contribution < -0.4 is 4.74 Å². The third-order valence-electron chi connectivity index (χ3n) is 3.69. The topological polar surface area (TPSA) is 29.5 Å². The van der Waals surface area contributed by atoms with Crippen molar-refractivity contribution in [2.45, 2.75) is 39.3 Å². The predicted molar refractivity (Wildman–Crippen MR) is 81.1 cm³/mol. The van der Waals surface area contributed by atoms with E-state index in [1.54, 1.807) is 7.11 Å². The molecule has 0 aromatic heterocycles. The summed E-state index contributed by atoms with van der Waals surface area (Å²) in [5, 5.41) is 0. The normalized spacial score (nSPS) is 15.0. The number of halogens is 1. The molecule has 3 nitrogen and oxygen atoms in total. The van der Waals surface area contributed by atoms with E-state index in [0.717, 1.165) is 24.2 Å². The van der Waals surface area contributed by atoms with Gasteiger partial charge in [-0.1, -0.05) is 18.2 Å². The van der Waals surface area contributed by atoms with E-state index in [1.165, 1.54) is 0 Å². The van der Waals surface area contributed by atoms with Crippen LogP contribution in [0.4, 0.5) is 0 Å². The first-order valence-corrected chi connectivity index (χ1v) is 7.52. The molecule has 110 valence electrons. The number of amides is 1. The van der Waals surface area contributed by atoms with Crippen LogP contribution in [0.15, 0.2) is 24.3 Å². The molecule has 0 heterocycles. The van der Waals surface area contributed by atoms with Gasteiger partial charge < -0.3 is 9.64 Å². The summed E-state index contributed by atoms with van der Waals surface area (Å²) in [4.78, 5) is 14.6. The molecule has 0 spiro atoms. The van der Waals surface area contributed by atoms with Crippen LogP contribution in [0.3, 0.4) is 0 Å². The van der Waals surface area contributed by atoms with Crippen molar-refractivity contribution in [2.24, 2.45) is 5.41 Å². The van der Waals surface area contributed by atoms with Gasteiger partial charge in [0.2, 0.25) is 5.91 Å². The summed E-state index contributed by atoms with van der Waals surface area (Å²) < 4.78 is 5.37. The van der Waals surface area contributed by atoms with Crippen LogP contribution in [0.1, 0.15) is 32.3 Å². The zero-order chi connectivity index (χ0) is 14.8. The van der Waals surface area contributed by atoms with Gasteiger partial charge in [-0.15, -0.1) is 11.6 Å². The van der Waals surface area contributed by atoms with Crippen LogP contribution in [0, 0.1) is 5.41 Å². The van der Waals surface area contributed by atoms with Crippen LogP contribution in [0.5, 0.6) is 5.75 Å². The average molecular weight is 296 g/mol. The maximum absolute atomic E-state index is 12.7. The quantitative estimate of drug-likeness (QED) is 0.752. The van der Waals surface area contributed by atoms with E-state index in [2.05, 4.69) is 0 Å². The van der Waals surface area contributed by atoms with E-state index >= 15 is 0 Å². The number of hydrogen-bond acceptors (Lipinski definition) is 2. The van der Waals surface area contributed by atoms with Crippen LogP contribution >= 0.6 is 11.6 Å². The van der Waals surface area contributed by atoms with Crippen LogP contribution in [0.25, 0.3) is 0 Å². The Kier molecular flexibility index (Phi) is 4.59. The molecule has 0 aliphatic heterocycles. The Bertz CT molecular complexity index is 483. The second-order valence-electron chi connectivity index (χ2n) is 5.99. The molecule has 0 N–H and O–H groups in total. The van der Waals surface area contributed by atoms with Crippen molar-refractivity contribution in [3.8, 4) is 5.75 Å². The predicted octanol–water partition coefficient (Wildman–Crippen LogP) is 3.45. The van der Waals surface area contributed by atoms with Crippen molar-refractivity contribution in [1.29, 1.82) is 0 Å². The lowest BCUT2D eigenvalue weighted by Crippen LogP contribution is -2.42. The fraction of sp³-hybridized carbons (Fsp3) is 0.562. The highest BCUT2D eigenvalue weighted by Gasteiger charge is 2.39. The minimum atomic E-state index is -0.522. The van der Waals surface area contributed by atoms with E-state index in [1.807, 2.05) is 43.0 Å². The molecule has 0 unspecified atom stereocenters. The molecular weight excluding hydrogens is 274 g/mol. The van der Waals surface area contributed by atoms with E-state index in [0.29, 0.717) is 18.5 Å². The highest BCUT2D eigenvalue weighted by atomic mass is 35.5. The molecule has 20 heavy (non-hydrogen) atoms. The largest absolute Gasteiger partial charge is 0.496 e. The molecule has 0 radical (unpaired) electrons. The maximum atomic E-state index is 12.7. The molecule has 1 aromatic carbocycles. The number of rotatable bonds is 6. The number of alkyl halides is 1. The Balaban J connectivity index is 2.20. The smallest absolute Gasteiger partial charge is 0.229 e. The zero-order valence-electron chi connectivity index (χ0n) is 12.4. The number of benzene rings is 1. The average Bonchev–Trinajstić information content (AvgIpc) is 3.29. The molecule has 1 aliphatic carbocycles. The molecule has 2 rings (SSSR count). The highest BCUT2D eigenvalue weighted by Crippen LogP contribution is 2.34. The van der Waals surface area contributed by atoms with Gasteiger partial charge >= 0.3 is 0 Å². The number of hydrogen-bond donors (Lipinski definition) is 0. The summed E-state index contributed by atoms with van der Waals surface area (Å²) in [5.74, 6) is 1.29. The van der Waals surface area contributed by atoms with Gasteiger partial charge in [-0.05, 0) is 32.8 Å². The van der Waals surface area contributed by atoms with Gasteiger partial charge in [-0.3, -0.25) is 4.79 Å². The molecule has 0 bridgehead atoms. The van der Waals surface area contributed by atoms with Gasteiger partial charge in [0, 0.05) is 24.0 Å². The second-order valence-corrected chi connectivity index (χ2v) is 6.26. The summed E-state index contributed by atoms with van der Waals surface area (Å²) in [7, 11) is 1.66. The van der Waals surface area contributed by atoms with Gasteiger partial charge in [0.1, 0.15) is 5.75 Å². The fourth-order valence-electron chi connectivity index (χ4n) is 2.22. The molecule has 4 heteroatoms. The Morgan fingerprint density at radius 1 is 1.40 bits per heavy atom. The lowest BCUT2D eigenvalue weighted by molar-refractivity contribution is -0.140. The number of nitrogens with zero attached hydrogens (tertiary/aromatic N) is 1. The van der Waals surface area contributed by atoms with E-state index in [-0.39, 0.29) is 5.91 Å². The van der Waals surface area contributed by atoms with E-state index in [4.69, 9.17) is 16.3 Å². The Labute approximate surface area is 125 Å². The van der Waals surface area contributed by atoms with Crippen molar-refractivity contribution in [2.75, 3.05) is 13.0 Å². The summed E-state index contributed by atoms with van der Waals surface area (Å²) >= 11 is 5.95. The summed E-state index contributed by atoms with van der Waals surface area (Å²) in [6.45, 7) is 4.40. The van der Waals surface area contributed by atoms with Crippen molar-refractivity contribution in [3.05, 3.63) is 29.8 Å². The van der Waals surface area contributed by atoms with Gasteiger partial charge in [0.05, 0.1) is 12.5 Å². The number of carbonyl (C=O) groups excluding carboxylic acids is 1. The molecule has 1 fully saturated rings. The molecule has 0 saturated heterocycles. The van der Waals surface area contributed by atoms with Gasteiger partial charge in [0.15, 0.2) is 0 Å². The number of ether oxygens (including phenoxy) is 1. The minimum Gasteiger partial charge on any atom is -0.496 e. The Hall–Kier alpha value is -1.22. The van der Waals surface area contributed by atoms with Crippen molar-refractivity contribution in [3.63, 3.8) is 0 Å². The summed E-state index contributed by atoms with van der Waals surface area (Å²) in [6.07, 6.45) is 2.17. The molecule has 1 saturated carbocycles. The lowest BCUT2D eigenvalue weighted by atomic mass is 9.94. The fourth-order valence-corrected chi connectivity index (χ4v) is 2.33. The van der Waals surface area contributed by atoms with Crippen molar-refractivity contribution in [1.82, 2.24) is 4.90 Å². The van der Waals surface area contributed by atoms with Gasteiger partial charge in [-0.25, -0.2) is 0 Å². The van der Waals surface area contributed by atoms with E-state index < -0.39 is 5.41 Å². The summed E-state index contributed by atoms with van der Waals surface area (Å²) in [5.41, 5.74) is 0.521. The zero-order valence-corrected chi connectivity index (χ0v) is 13.1.